The van der Waals surface area contributed by atoms with Crippen LogP contribution in [0.15, 0.2) is 54.7 Å². The molecule has 0 spiro atoms. The van der Waals surface area contributed by atoms with Gasteiger partial charge in [0.1, 0.15) is 5.75 Å². The standard InChI is InChI=1S/C16H23NO.C6H6/c1-15(2,3)10-7-8-12-13(14(10)18)11(9-17-12)16(4,5)6;1-2-4-6-5-3-1/h7-9,17-18H,1-6H3;1-6H. The number of rotatable bonds is 0. The third-order valence-corrected chi connectivity index (χ3v) is 4.10. The van der Waals surface area contributed by atoms with E-state index < -0.39 is 0 Å². The molecule has 0 amide bonds. The summed E-state index contributed by atoms with van der Waals surface area (Å²) in [5, 5.41) is 11.6. The molecule has 0 unspecified atom stereocenters. The maximum Gasteiger partial charge on any atom is 0.128 e. The first-order chi connectivity index (χ1) is 11.1. The fraction of sp³-hybridized carbons (Fsp3) is 0.364. The van der Waals surface area contributed by atoms with E-state index >= 15 is 0 Å². The lowest BCUT2D eigenvalue weighted by molar-refractivity contribution is 0.451. The lowest BCUT2D eigenvalue weighted by Crippen LogP contribution is -2.13. The topological polar surface area (TPSA) is 36.0 Å². The van der Waals surface area contributed by atoms with Gasteiger partial charge >= 0.3 is 0 Å². The third-order valence-electron chi connectivity index (χ3n) is 4.10. The molecule has 24 heavy (non-hydrogen) atoms. The van der Waals surface area contributed by atoms with Crippen molar-refractivity contribution in [2.75, 3.05) is 0 Å². The number of aromatic hydroxyl groups is 1. The molecule has 128 valence electrons. The van der Waals surface area contributed by atoms with Crippen molar-refractivity contribution >= 4 is 10.9 Å². The van der Waals surface area contributed by atoms with Gasteiger partial charge < -0.3 is 10.1 Å². The molecule has 0 saturated carbocycles. The number of phenols is 1. The molecular formula is C22H29NO. The number of hydrogen-bond donors (Lipinski definition) is 2. The van der Waals surface area contributed by atoms with Crippen molar-refractivity contribution in [1.29, 1.82) is 0 Å². The van der Waals surface area contributed by atoms with Gasteiger partial charge in [0.2, 0.25) is 0 Å². The number of H-pyrrole nitrogens is 1. The SMILES string of the molecule is CC(C)(C)c1ccc2[nH]cc(C(C)(C)C)c2c1O.c1ccccc1. The van der Waals surface area contributed by atoms with E-state index in [9.17, 15) is 5.11 Å². The van der Waals surface area contributed by atoms with Crippen molar-refractivity contribution in [3.05, 3.63) is 65.9 Å². The molecular weight excluding hydrogens is 294 g/mol. The highest BCUT2D eigenvalue weighted by Gasteiger charge is 2.25. The predicted molar refractivity (Wildman–Crippen MR) is 104 cm³/mol. The van der Waals surface area contributed by atoms with Gasteiger partial charge in [-0.15, -0.1) is 0 Å². The molecule has 1 heterocycles. The molecule has 0 bridgehead atoms. The summed E-state index contributed by atoms with van der Waals surface area (Å²) in [6, 6.07) is 16.1. The number of aromatic amines is 1. The van der Waals surface area contributed by atoms with E-state index in [-0.39, 0.29) is 10.8 Å². The van der Waals surface area contributed by atoms with Crippen LogP contribution >= 0.6 is 0 Å². The van der Waals surface area contributed by atoms with Gasteiger partial charge in [0.05, 0.1) is 0 Å². The predicted octanol–water partition coefficient (Wildman–Crippen LogP) is 6.16. The maximum atomic E-state index is 10.6. The second-order valence-corrected chi connectivity index (χ2v) is 8.24. The molecule has 1 aromatic heterocycles. The molecule has 3 rings (SSSR count). The molecule has 3 aromatic rings. The highest BCUT2D eigenvalue weighted by atomic mass is 16.3. The molecule has 2 nitrogen and oxygen atoms in total. The van der Waals surface area contributed by atoms with Gasteiger partial charge in [-0.05, 0) is 22.5 Å². The van der Waals surface area contributed by atoms with Gasteiger partial charge in [-0.2, -0.15) is 0 Å². The minimum atomic E-state index is -0.0509. The van der Waals surface area contributed by atoms with Crippen LogP contribution in [-0.2, 0) is 10.8 Å². The fourth-order valence-corrected chi connectivity index (χ4v) is 2.79. The summed E-state index contributed by atoms with van der Waals surface area (Å²) in [6.07, 6.45) is 2.01. The minimum Gasteiger partial charge on any atom is -0.507 e. The molecule has 0 aliphatic carbocycles. The minimum absolute atomic E-state index is 0.0201. The molecule has 0 radical (unpaired) electrons. The van der Waals surface area contributed by atoms with Crippen molar-refractivity contribution in [3.8, 4) is 5.75 Å². The van der Waals surface area contributed by atoms with Crippen LogP contribution in [0.1, 0.15) is 52.7 Å². The molecule has 0 aliphatic rings. The van der Waals surface area contributed by atoms with Gasteiger partial charge in [0.25, 0.3) is 0 Å². The van der Waals surface area contributed by atoms with Crippen LogP contribution in [0, 0.1) is 0 Å². The van der Waals surface area contributed by atoms with Crippen molar-refractivity contribution in [1.82, 2.24) is 4.98 Å². The Hall–Kier alpha value is -2.22. The Morgan fingerprint density at radius 3 is 1.58 bits per heavy atom. The number of aromatic nitrogens is 1. The van der Waals surface area contributed by atoms with E-state index in [0.717, 1.165) is 16.5 Å². The maximum absolute atomic E-state index is 10.6. The van der Waals surface area contributed by atoms with Crippen LogP contribution < -0.4 is 0 Å². The van der Waals surface area contributed by atoms with E-state index in [0.29, 0.717) is 5.75 Å². The Morgan fingerprint density at radius 1 is 0.708 bits per heavy atom. The fourth-order valence-electron chi connectivity index (χ4n) is 2.79. The van der Waals surface area contributed by atoms with Crippen molar-refractivity contribution < 1.29 is 5.11 Å². The van der Waals surface area contributed by atoms with Crippen molar-refractivity contribution in [2.24, 2.45) is 0 Å². The average Bonchev–Trinajstić information content (AvgIpc) is 2.94. The third kappa shape index (κ3) is 4.00. The summed E-state index contributed by atoms with van der Waals surface area (Å²) >= 11 is 0. The zero-order chi connectivity index (χ0) is 18.0. The van der Waals surface area contributed by atoms with Gasteiger partial charge in [0.15, 0.2) is 0 Å². The van der Waals surface area contributed by atoms with Crippen LogP contribution in [-0.4, -0.2) is 10.1 Å². The van der Waals surface area contributed by atoms with Gasteiger partial charge in [-0.3, -0.25) is 0 Å². The van der Waals surface area contributed by atoms with Gasteiger partial charge in [0, 0.05) is 22.7 Å². The van der Waals surface area contributed by atoms with E-state index in [2.05, 4.69) is 52.6 Å². The summed E-state index contributed by atoms with van der Waals surface area (Å²) in [5.41, 5.74) is 3.14. The van der Waals surface area contributed by atoms with Crippen LogP contribution in [0.5, 0.6) is 5.75 Å². The highest BCUT2D eigenvalue weighted by Crippen LogP contribution is 2.41. The van der Waals surface area contributed by atoms with Gasteiger partial charge in [-0.25, -0.2) is 0 Å². The molecule has 2 aromatic carbocycles. The molecule has 0 fully saturated rings. The Kier molecular flexibility index (Phi) is 5.08. The monoisotopic (exact) mass is 323 g/mol. The summed E-state index contributed by atoms with van der Waals surface area (Å²) < 4.78 is 0. The smallest absolute Gasteiger partial charge is 0.128 e. The first-order valence-electron chi connectivity index (χ1n) is 8.46. The van der Waals surface area contributed by atoms with E-state index in [1.165, 1.54) is 5.56 Å². The number of fused-ring (bicyclic) bond motifs is 1. The Balaban J connectivity index is 0.000000292. The largest absolute Gasteiger partial charge is 0.507 e. The first kappa shape index (κ1) is 18.1. The first-order valence-corrected chi connectivity index (χ1v) is 8.46. The molecule has 2 N–H and O–H groups in total. The summed E-state index contributed by atoms with van der Waals surface area (Å²) in [5.74, 6) is 0.422. The van der Waals surface area contributed by atoms with Crippen LogP contribution in [0.4, 0.5) is 0 Å². The molecule has 0 aliphatic heterocycles. The Labute approximate surface area is 145 Å². The van der Waals surface area contributed by atoms with Crippen LogP contribution in [0.2, 0.25) is 0 Å². The van der Waals surface area contributed by atoms with Gasteiger partial charge in [-0.1, -0.05) is 84.0 Å². The average molecular weight is 323 g/mol. The number of nitrogens with one attached hydrogen (secondary N) is 1. The summed E-state index contributed by atoms with van der Waals surface area (Å²) in [6.45, 7) is 12.9. The summed E-state index contributed by atoms with van der Waals surface area (Å²) in [7, 11) is 0. The summed E-state index contributed by atoms with van der Waals surface area (Å²) in [4.78, 5) is 3.25. The molecule has 0 atom stereocenters. The van der Waals surface area contributed by atoms with Crippen LogP contribution in [0.3, 0.4) is 0 Å². The number of hydrogen-bond acceptors (Lipinski definition) is 1. The lowest BCUT2D eigenvalue weighted by atomic mass is 9.82. The number of phenolic OH excluding ortho intramolecular Hbond substituents is 1. The zero-order valence-corrected chi connectivity index (χ0v) is 15.6. The lowest BCUT2D eigenvalue weighted by Gasteiger charge is -2.23. The highest BCUT2D eigenvalue weighted by molar-refractivity contribution is 5.91. The van der Waals surface area contributed by atoms with Crippen molar-refractivity contribution in [2.45, 2.75) is 52.4 Å². The Bertz CT molecular complexity index is 760. The molecule has 2 heteroatoms. The van der Waals surface area contributed by atoms with Crippen LogP contribution in [0.25, 0.3) is 10.9 Å². The quantitative estimate of drug-likeness (QED) is 0.511. The Morgan fingerprint density at radius 2 is 1.17 bits per heavy atom. The normalized spacial score (nSPS) is 11.9. The van der Waals surface area contributed by atoms with E-state index in [1.54, 1.807) is 0 Å². The van der Waals surface area contributed by atoms with E-state index in [1.807, 2.05) is 48.7 Å². The second-order valence-electron chi connectivity index (χ2n) is 8.24. The van der Waals surface area contributed by atoms with Crippen molar-refractivity contribution in [3.63, 3.8) is 0 Å². The second kappa shape index (κ2) is 6.72. The van der Waals surface area contributed by atoms with E-state index in [4.69, 9.17) is 0 Å². The zero-order valence-electron chi connectivity index (χ0n) is 15.6. The number of benzene rings is 2. The molecule has 0 saturated heterocycles.